The van der Waals surface area contributed by atoms with Crippen molar-refractivity contribution in [3.8, 4) is 11.5 Å². The molecule has 0 saturated carbocycles. The van der Waals surface area contributed by atoms with Crippen molar-refractivity contribution >= 4 is 29.6 Å². The highest BCUT2D eigenvalue weighted by atomic mass is 35.5. The number of carbonyl (C=O) groups excluding carboxylic acids is 2. The highest BCUT2D eigenvalue weighted by Crippen LogP contribution is 2.36. The molecule has 0 fully saturated rings. The van der Waals surface area contributed by atoms with Crippen molar-refractivity contribution in [1.29, 1.82) is 0 Å². The second-order valence-electron chi connectivity index (χ2n) is 5.06. The van der Waals surface area contributed by atoms with Crippen LogP contribution in [0, 0.1) is 0 Å². The molecule has 26 heavy (non-hydrogen) atoms. The summed E-state index contributed by atoms with van der Waals surface area (Å²) in [5, 5.41) is 6.51. The quantitative estimate of drug-likeness (QED) is 0.277. The minimum absolute atomic E-state index is 0.235. The van der Waals surface area contributed by atoms with Crippen molar-refractivity contribution < 1.29 is 23.8 Å². The van der Waals surface area contributed by atoms with Crippen molar-refractivity contribution in [3.63, 3.8) is 0 Å². The van der Waals surface area contributed by atoms with Crippen molar-refractivity contribution in [1.82, 2.24) is 10.7 Å². The maximum absolute atomic E-state index is 11.6. The lowest BCUT2D eigenvalue weighted by atomic mass is 10.2. The van der Waals surface area contributed by atoms with Gasteiger partial charge in [-0.2, -0.15) is 5.10 Å². The van der Waals surface area contributed by atoms with E-state index in [-0.39, 0.29) is 6.54 Å². The second-order valence-corrected chi connectivity index (χ2v) is 5.47. The highest BCUT2D eigenvalue weighted by Gasteiger charge is 2.13. The molecule has 8 nitrogen and oxygen atoms in total. The molecule has 144 valence electrons. The Morgan fingerprint density at radius 2 is 1.96 bits per heavy atom. The van der Waals surface area contributed by atoms with Crippen molar-refractivity contribution in [2.75, 3.05) is 33.5 Å². The van der Waals surface area contributed by atoms with E-state index >= 15 is 0 Å². The molecular formula is C17H24ClN3O5. The van der Waals surface area contributed by atoms with Gasteiger partial charge in [-0.3, -0.25) is 9.59 Å². The first-order chi connectivity index (χ1) is 12.5. The van der Waals surface area contributed by atoms with Crippen LogP contribution in [0.4, 0.5) is 0 Å². The van der Waals surface area contributed by atoms with Crippen LogP contribution in [-0.4, -0.2) is 51.5 Å². The molecule has 1 aromatic carbocycles. The summed E-state index contributed by atoms with van der Waals surface area (Å²) in [6.07, 6.45) is 2.20. The lowest BCUT2D eigenvalue weighted by Gasteiger charge is -2.13. The van der Waals surface area contributed by atoms with Crippen molar-refractivity contribution in [2.24, 2.45) is 5.10 Å². The van der Waals surface area contributed by atoms with Crippen LogP contribution >= 0.6 is 11.6 Å². The number of halogens is 1. The van der Waals surface area contributed by atoms with E-state index < -0.39 is 11.8 Å². The van der Waals surface area contributed by atoms with Gasteiger partial charge in [0, 0.05) is 13.7 Å². The van der Waals surface area contributed by atoms with E-state index in [0.29, 0.717) is 41.9 Å². The van der Waals surface area contributed by atoms with Gasteiger partial charge in [-0.05, 0) is 31.0 Å². The molecule has 2 amide bonds. The molecule has 0 unspecified atom stereocenters. The highest BCUT2D eigenvalue weighted by molar-refractivity contribution is 6.35. The molecule has 1 rings (SSSR count). The minimum Gasteiger partial charge on any atom is -0.490 e. The van der Waals surface area contributed by atoms with Gasteiger partial charge in [0.15, 0.2) is 11.5 Å². The van der Waals surface area contributed by atoms with Gasteiger partial charge >= 0.3 is 11.8 Å². The number of amides is 2. The zero-order valence-electron chi connectivity index (χ0n) is 15.1. The minimum atomic E-state index is -0.878. The number of hydrogen-bond donors (Lipinski definition) is 2. The molecule has 0 atom stereocenters. The van der Waals surface area contributed by atoms with E-state index in [1.807, 2.05) is 13.8 Å². The molecule has 0 aliphatic heterocycles. The topological polar surface area (TPSA) is 98.2 Å². The maximum Gasteiger partial charge on any atom is 0.329 e. The summed E-state index contributed by atoms with van der Waals surface area (Å²) < 4.78 is 15.9. The third-order valence-corrected chi connectivity index (χ3v) is 3.24. The SMILES string of the molecule is CCCOc1c(Cl)cc(/C=N\NC(=O)C(=O)NCCOC)cc1OCC. The number of hydrazone groups is 1. The number of nitrogens with zero attached hydrogens (tertiary/aromatic N) is 1. The largest absolute Gasteiger partial charge is 0.490 e. The normalized spacial score (nSPS) is 10.6. The van der Waals surface area contributed by atoms with Crippen LogP contribution in [0.25, 0.3) is 0 Å². The van der Waals surface area contributed by atoms with E-state index in [2.05, 4.69) is 15.8 Å². The predicted molar refractivity (Wildman–Crippen MR) is 99.0 cm³/mol. The van der Waals surface area contributed by atoms with E-state index in [0.717, 1.165) is 6.42 Å². The summed E-state index contributed by atoms with van der Waals surface area (Å²) >= 11 is 6.24. The van der Waals surface area contributed by atoms with E-state index in [1.165, 1.54) is 13.3 Å². The van der Waals surface area contributed by atoms with Gasteiger partial charge < -0.3 is 19.5 Å². The van der Waals surface area contributed by atoms with E-state index in [4.69, 9.17) is 25.8 Å². The van der Waals surface area contributed by atoms with E-state index in [9.17, 15) is 9.59 Å². The summed E-state index contributed by atoms with van der Waals surface area (Å²) in [7, 11) is 1.50. The fourth-order valence-electron chi connectivity index (χ4n) is 1.83. The van der Waals surface area contributed by atoms with Gasteiger partial charge in [-0.1, -0.05) is 18.5 Å². The molecule has 0 aliphatic rings. The van der Waals surface area contributed by atoms with Gasteiger partial charge in [-0.15, -0.1) is 0 Å². The Balaban J connectivity index is 2.75. The first-order valence-electron chi connectivity index (χ1n) is 8.22. The maximum atomic E-state index is 11.6. The van der Waals surface area contributed by atoms with Gasteiger partial charge in [0.25, 0.3) is 0 Å². The molecule has 9 heteroatoms. The summed E-state index contributed by atoms with van der Waals surface area (Å²) in [5.74, 6) is -0.723. The third kappa shape index (κ3) is 7.28. The predicted octanol–water partition coefficient (Wildman–Crippen LogP) is 1.74. The zero-order chi connectivity index (χ0) is 19.4. The Labute approximate surface area is 157 Å². The fraction of sp³-hybridized carbons (Fsp3) is 0.471. The number of ether oxygens (including phenoxy) is 3. The lowest BCUT2D eigenvalue weighted by Crippen LogP contribution is -2.39. The standard InChI is InChI=1S/C17H24ClN3O5/c1-4-7-26-15-13(18)9-12(10-14(15)25-5-2)11-20-21-17(23)16(22)19-6-8-24-3/h9-11H,4-8H2,1-3H3,(H,19,22)(H,21,23)/b20-11-. The van der Waals surface area contributed by atoms with Gasteiger partial charge in [0.1, 0.15) is 0 Å². The molecule has 0 radical (unpaired) electrons. The number of rotatable bonds is 10. The lowest BCUT2D eigenvalue weighted by molar-refractivity contribution is -0.139. The first kappa shape index (κ1) is 21.7. The molecule has 0 spiro atoms. The zero-order valence-corrected chi connectivity index (χ0v) is 15.9. The molecule has 0 heterocycles. The van der Waals surface area contributed by atoms with E-state index in [1.54, 1.807) is 12.1 Å². The average molecular weight is 386 g/mol. The molecule has 0 aromatic heterocycles. The Morgan fingerprint density at radius 1 is 1.19 bits per heavy atom. The summed E-state index contributed by atoms with van der Waals surface area (Å²) in [6.45, 7) is 5.34. The summed E-state index contributed by atoms with van der Waals surface area (Å²) in [4.78, 5) is 23.1. The monoisotopic (exact) mass is 385 g/mol. The number of methoxy groups -OCH3 is 1. The Morgan fingerprint density at radius 3 is 2.62 bits per heavy atom. The summed E-state index contributed by atoms with van der Waals surface area (Å²) in [6, 6.07) is 3.32. The van der Waals surface area contributed by atoms with Crippen LogP contribution in [-0.2, 0) is 14.3 Å². The number of nitrogens with one attached hydrogen (secondary N) is 2. The molecule has 1 aromatic rings. The number of hydrogen-bond acceptors (Lipinski definition) is 6. The molecule has 0 aliphatic carbocycles. The van der Waals surface area contributed by atoms with Gasteiger partial charge in [0.2, 0.25) is 0 Å². The van der Waals surface area contributed by atoms with Crippen LogP contribution in [0.15, 0.2) is 17.2 Å². The van der Waals surface area contributed by atoms with Crippen LogP contribution in [0.5, 0.6) is 11.5 Å². The Bertz CT molecular complexity index is 637. The molecular weight excluding hydrogens is 362 g/mol. The molecule has 0 bridgehead atoms. The van der Waals surface area contributed by atoms with Gasteiger partial charge in [0.05, 0.1) is 31.1 Å². The second kappa shape index (κ2) is 12.1. The van der Waals surface area contributed by atoms with Crippen molar-refractivity contribution in [2.45, 2.75) is 20.3 Å². The third-order valence-electron chi connectivity index (χ3n) is 2.96. The Kier molecular flexibility index (Phi) is 10.1. The van der Waals surface area contributed by atoms with Crippen LogP contribution in [0.1, 0.15) is 25.8 Å². The smallest absolute Gasteiger partial charge is 0.329 e. The van der Waals surface area contributed by atoms with Crippen LogP contribution in [0.3, 0.4) is 0 Å². The Hall–Kier alpha value is -2.32. The van der Waals surface area contributed by atoms with Gasteiger partial charge in [-0.25, -0.2) is 5.43 Å². The fourth-order valence-corrected chi connectivity index (χ4v) is 2.11. The van der Waals surface area contributed by atoms with Crippen molar-refractivity contribution in [3.05, 3.63) is 22.7 Å². The first-order valence-corrected chi connectivity index (χ1v) is 8.60. The van der Waals surface area contributed by atoms with Crippen LogP contribution in [0.2, 0.25) is 5.02 Å². The average Bonchev–Trinajstić information content (AvgIpc) is 2.61. The number of carbonyl (C=O) groups is 2. The summed E-state index contributed by atoms with van der Waals surface area (Å²) in [5.41, 5.74) is 2.73. The molecule has 2 N–H and O–H groups in total. The number of benzene rings is 1. The van der Waals surface area contributed by atoms with Crippen LogP contribution < -0.4 is 20.2 Å². The molecule has 0 saturated heterocycles.